The topological polar surface area (TPSA) is 64.0 Å². The SMILES string of the molecule is Cc1c(C(=O)NCc2ccc(F)cc2)sc2ncn(Cc3ccccc3F)c(=O)c12. The Morgan fingerprint density at radius 3 is 2.60 bits per heavy atom. The van der Waals surface area contributed by atoms with Gasteiger partial charge in [-0.3, -0.25) is 14.2 Å². The molecule has 0 saturated heterocycles. The second-order valence-electron chi connectivity index (χ2n) is 6.81. The molecule has 0 fully saturated rings. The molecule has 1 amide bonds. The van der Waals surface area contributed by atoms with Crippen molar-refractivity contribution in [3.63, 3.8) is 0 Å². The molecule has 2 heterocycles. The van der Waals surface area contributed by atoms with Crippen LogP contribution in [0.15, 0.2) is 59.7 Å². The molecule has 0 saturated carbocycles. The number of nitrogens with zero attached hydrogens (tertiary/aromatic N) is 2. The van der Waals surface area contributed by atoms with E-state index in [-0.39, 0.29) is 30.4 Å². The minimum atomic E-state index is -0.396. The number of carbonyl (C=O) groups is 1. The Labute approximate surface area is 174 Å². The number of halogens is 2. The molecule has 2 aromatic carbocycles. The molecular weight excluding hydrogens is 408 g/mol. The van der Waals surface area contributed by atoms with Gasteiger partial charge >= 0.3 is 0 Å². The van der Waals surface area contributed by atoms with Gasteiger partial charge in [0, 0.05) is 12.1 Å². The molecule has 0 aliphatic heterocycles. The second-order valence-corrected chi connectivity index (χ2v) is 7.81. The van der Waals surface area contributed by atoms with Crippen LogP contribution in [0.3, 0.4) is 0 Å². The van der Waals surface area contributed by atoms with Gasteiger partial charge in [0.05, 0.1) is 23.1 Å². The first-order chi connectivity index (χ1) is 14.4. The van der Waals surface area contributed by atoms with Crippen molar-refractivity contribution in [3.8, 4) is 0 Å². The van der Waals surface area contributed by atoms with Crippen molar-refractivity contribution in [1.82, 2.24) is 14.9 Å². The van der Waals surface area contributed by atoms with E-state index < -0.39 is 5.82 Å². The second kappa shape index (κ2) is 8.16. The molecule has 5 nitrogen and oxygen atoms in total. The van der Waals surface area contributed by atoms with Gasteiger partial charge in [-0.05, 0) is 36.2 Å². The van der Waals surface area contributed by atoms with Crippen molar-refractivity contribution in [2.24, 2.45) is 0 Å². The van der Waals surface area contributed by atoms with Gasteiger partial charge in [-0.2, -0.15) is 0 Å². The lowest BCUT2D eigenvalue weighted by atomic mass is 10.2. The number of hydrogen-bond donors (Lipinski definition) is 1. The third-order valence-electron chi connectivity index (χ3n) is 4.79. The number of aryl methyl sites for hydroxylation is 1. The number of hydrogen-bond acceptors (Lipinski definition) is 4. The molecule has 0 aliphatic rings. The average molecular weight is 425 g/mol. The Kier molecular flexibility index (Phi) is 5.41. The molecule has 0 radical (unpaired) electrons. The van der Waals surface area contributed by atoms with Gasteiger partial charge in [-0.25, -0.2) is 13.8 Å². The minimum Gasteiger partial charge on any atom is -0.347 e. The molecular formula is C22H17F2N3O2S. The Morgan fingerprint density at radius 2 is 1.87 bits per heavy atom. The van der Waals surface area contributed by atoms with Gasteiger partial charge in [0.2, 0.25) is 0 Å². The number of amides is 1. The van der Waals surface area contributed by atoms with Crippen molar-refractivity contribution < 1.29 is 13.6 Å². The van der Waals surface area contributed by atoms with Crippen LogP contribution in [-0.2, 0) is 13.1 Å². The molecule has 4 aromatic rings. The molecule has 4 rings (SSSR count). The third-order valence-corrected chi connectivity index (χ3v) is 5.99. The molecule has 8 heteroatoms. The predicted molar refractivity (Wildman–Crippen MR) is 112 cm³/mol. The van der Waals surface area contributed by atoms with E-state index in [9.17, 15) is 18.4 Å². The summed E-state index contributed by atoms with van der Waals surface area (Å²) in [4.78, 5) is 30.7. The van der Waals surface area contributed by atoms with Crippen LogP contribution >= 0.6 is 11.3 Å². The molecule has 0 aliphatic carbocycles. The number of aromatic nitrogens is 2. The van der Waals surface area contributed by atoms with Crippen LogP contribution < -0.4 is 10.9 Å². The third kappa shape index (κ3) is 3.86. The molecule has 152 valence electrons. The summed E-state index contributed by atoms with van der Waals surface area (Å²) in [5, 5.41) is 3.13. The first kappa shape index (κ1) is 19.9. The van der Waals surface area contributed by atoms with Crippen LogP contribution in [-0.4, -0.2) is 15.5 Å². The van der Waals surface area contributed by atoms with Crippen LogP contribution in [0.4, 0.5) is 8.78 Å². The largest absolute Gasteiger partial charge is 0.347 e. The molecule has 0 spiro atoms. The van der Waals surface area contributed by atoms with Gasteiger partial charge in [-0.1, -0.05) is 30.3 Å². The van der Waals surface area contributed by atoms with E-state index in [0.29, 0.717) is 26.2 Å². The first-order valence-corrected chi connectivity index (χ1v) is 10.0. The molecule has 0 atom stereocenters. The van der Waals surface area contributed by atoms with Gasteiger partial charge in [-0.15, -0.1) is 11.3 Å². The van der Waals surface area contributed by atoms with E-state index in [1.165, 1.54) is 29.1 Å². The number of nitrogens with one attached hydrogen (secondary N) is 1. The van der Waals surface area contributed by atoms with E-state index in [0.717, 1.165) is 16.9 Å². The van der Waals surface area contributed by atoms with Gasteiger partial charge in [0.1, 0.15) is 16.5 Å². The zero-order valence-corrected chi connectivity index (χ0v) is 16.8. The van der Waals surface area contributed by atoms with Crippen molar-refractivity contribution in [2.75, 3.05) is 0 Å². The molecule has 0 bridgehead atoms. The summed E-state index contributed by atoms with van der Waals surface area (Å²) in [6.45, 7) is 1.98. The van der Waals surface area contributed by atoms with E-state index in [2.05, 4.69) is 10.3 Å². The summed E-state index contributed by atoms with van der Waals surface area (Å²) < 4.78 is 28.3. The fraction of sp³-hybridized carbons (Fsp3) is 0.136. The van der Waals surface area contributed by atoms with Crippen molar-refractivity contribution in [1.29, 1.82) is 0 Å². The Bertz CT molecular complexity index is 1300. The summed E-state index contributed by atoms with van der Waals surface area (Å²) in [5.41, 5.74) is 1.35. The maximum absolute atomic E-state index is 13.9. The summed E-state index contributed by atoms with van der Waals surface area (Å²) in [5.74, 6) is -1.07. The van der Waals surface area contributed by atoms with Crippen LogP contribution in [0.5, 0.6) is 0 Å². The lowest BCUT2D eigenvalue weighted by molar-refractivity contribution is 0.0954. The number of benzene rings is 2. The predicted octanol–water partition coefficient (Wildman–Crippen LogP) is 4.02. The molecule has 2 aromatic heterocycles. The normalized spacial score (nSPS) is 11.0. The Balaban J connectivity index is 1.61. The van der Waals surface area contributed by atoms with Crippen molar-refractivity contribution in [2.45, 2.75) is 20.0 Å². The summed E-state index contributed by atoms with van der Waals surface area (Å²) in [6, 6.07) is 12.1. The highest BCUT2D eigenvalue weighted by Crippen LogP contribution is 2.27. The van der Waals surface area contributed by atoms with Gasteiger partial charge < -0.3 is 5.32 Å². The fourth-order valence-electron chi connectivity index (χ4n) is 3.16. The van der Waals surface area contributed by atoms with Gasteiger partial charge in [0.15, 0.2) is 0 Å². The number of fused-ring (bicyclic) bond motifs is 1. The summed E-state index contributed by atoms with van der Waals surface area (Å²) in [7, 11) is 0. The van der Waals surface area contributed by atoms with Crippen LogP contribution in [0, 0.1) is 18.6 Å². The van der Waals surface area contributed by atoms with E-state index >= 15 is 0 Å². The van der Waals surface area contributed by atoms with Crippen molar-refractivity contribution in [3.05, 3.63) is 98.4 Å². The number of thiophene rings is 1. The zero-order valence-electron chi connectivity index (χ0n) is 16.0. The van der Waals surface area contributed by atoms with Crippen LogP contribution in [0.25, 0.3) is 10.2 Å². The smallest absolute Gasteiger partial charge is 0.262 e. The van der Waals surface area contributed by atoms with Crippen molar-refractivity contribution >= 4 is 27.5 Å². The summed E-state index contributed by atoms with van der Waals surface area (Å²) >= 11 is 1.13. The lowest BCUT2D eigenvalue weighted by Gasteiger charge is -2.06. The molecule has 0 unspecified atom stereocenters. The monoisotopic (exact) mass is 425 g/mol. The number of carbonyl (C=O) groups excluding carboxylic acids is 1. The molecule has 30 heavy (non-hydrogen) atoms. The quantitative estimate of drug-likeness (QED) is 0.525. The highest BCUT2D eigenvalue weighted by molar-refractivity contribution is 7.20. The Hall–Kier alpha value is -3.39. The van der Waals surface area contributed by atoms with E-state index in [1.54, 1.807) is 37.3 Å². The van der Waals surface area contributed by atoms with Crippen LogP contribution in [0.2, 0.25) is 0 Å². The standard InChI is InChI=1S/C22H17F2N3O2S/c1-13-18-21(26-12-27(22(18)29)11-15-4-2-3-5-17(15)24)30-19(13)20(28)25-10-14-6-8-16(23)9-7-14/h2-9,12H,10-11H2,1H3,(H,25,28). The first-order valence-electron chi connectivity index (χ1n) is 9.18. The zero-order chi connectivity index (χ0) is 21.3. The van der Waals surface area contributed by atoms with E-state index in [1.807, 2.05) is 0 Å². The van der Waals surface area contributed by atoms with E-state index in [4.69, 9.17) is 0 Å². The minimum absolute atomic E-state index is 0.0514. The Morgan fingerprint density at radius 1 is 1.13 bits per heavy atom. The van der Waals surface area contributed by atoms with Gasteiger partial charge in [0.25, 0.3) is 11.5 Å². The maximum atomic E-state index is 13.9. The average Bonchev–Trinajstić information content (AvgIpc) is 3.08. The number of rotatable bonds is 5. The highest BCUT2D eigenvalue weighted by atomic mass is 32.1. The lowest BCUT2D eigenvalue weighted by Crippen LogP contribution is -2.23. The fourth-order valence-corrected chi connectivity index (χ4v) is 4.22. The highest BCUT2D eigenvalue weighted by Gasteiger charge is 2.19. The molecule has 1 N–H and O–H groups in total. The maximum Gasteiger partial charge on any atom is 0.262 e. The van der Waals surface area contributed by atoms with Crippen LogP contribution in [0.1, 0.15) is 26.4 Å². The summed E-state index contributed by atoms with van der Waals surface area (Å²) in [6.07, 6.45) is 1.37.